The number of anilines is 2. The molecule has 2 aliphatic rings. The number of carbonyl (C=O) groups excluding carboxylic acids is 1. The number of rotatable bonds is 3. The fraction of sp³-hybridized carbons (Fsp3) is 0.350. The summed E-state index contributed by atoms with van der Waals surface area (Å²) in [4.78, 5) is 18.9. The summed E-state index contributed by atoms with van der Waals surface area (Å²) in [5.41, 5.74) is 2.49. The van der Waals surface area contributed by atoms with Crippen LogP contribution in [-0.2, 0) is 9.47 Å². The van der Waals surface area contributed by atoms with Crippen LogP contribution < -0.4 is 10.2 Å². The van der Waals surface area contributed by atoms with Gasteiger partial charge in [0.05, 0.1) is 24.8 Å². The predicted molar refractivity (Wildman–Crippen MR) is 99.4 cm³/mol. The van der Waals surface area contributed by atoms with Crippen molar-refractivity contribution < 1.29 is 14.3 Å². The van der Waals surface area contributed by atoms with Gasteiger partial charge in [0.25, 0.3) is 5.91 Å². The molecular formula is C20H20N4O3. The highest BCUT2D eigenvalue weighted by atomic mass is 16.7. The first-order valence-corrected chi connectivity index (χ1v) is 8.98. The Morgan fingerprint density at radius 2 is 1.85 bits per heavy atom. The molecule has 0 radical (unpaired) electrons. The van der Waals surface area contributed by atoms with Crippen LogP contribution in [0.15, 0.2) is 42.6 Å². The van der Waals surface area contributed by atoms with E-state index in [0.29, 0.717) is 30.2 Å². The average molecular weight is 364 g/mol. The molecule has 27 heavy (non-hydrogen) atoms. The second-order valence-corrected chi connectivity index (χ2v) is 6.64. The first-order chi connectivity index (χ1) is 13.2. The second-order valence-electron chi connectivity index (χ2n) is 6.64. The molecule has 2 fully saturated rings. The minimum absolute atomic E-state index is 0.280. The number of piperidine rings is 1. The molecule has 3 heterocycles. The predicted octanol–water partition coefficient (Wildman–Crippen LogP) is 2.55. The Labute approximate surface area is 157 Å². The van der Waals surface area contributed by atoms with E-state index in [-0.39, 0.29) is 5.91 Å². The zero-order valence-corrected chi connectivity index (χ0v) is 14.9. The Bertz CT molecular complexity index is 860. The minimum Gasteiger partial charge on any atom is -0.371 e. The number of hydrogen-bond acceptors (Lipinski definition) is 6. The van der Waals surface area contributed by atoms with Gasteiger partial charge in [0.1, 0.15) is 5.69 Å². The summed E-state index contributed by atoms with van der Waals surface area (Å²) in [6, 6.07) is 12.5. The summed E-state index contributed by atoms with van der Waals surface area (Å²) in [6.45, 7) is 2.94. The van der Waals surface area contributed by atoms with Crippen molar-refractivity contribution >= 4 is 17.3 Å². The molecule has 0 unspecified atom stereocenters. The molecule has 1 aromatic carbocycles. The normalized spacial score (nSPS) is 18.3. The van der Waals surface area contributed by atoms with Crippen LogP contribution in [0.5, 0.6) is 0 Å². The van der Waals surface area contributed by atoms with E-state index in [9.17, 15) is 4.79 Å². The van der Waals surface area contributed by atoms with Crippen molar-refractivity contribution in [1.29, 1.82) is 5.26 Å². The molecule has 4 rings (SSSR count). The lowest BCUT2D eigenvalue weighted by Gasteiger charge is -2.38. The smallest absolute Gasteiger partial charge is 0.274 e. The van der Waals surface area contributed by atoms with Crippen molar-refractivity contribution in [3.05, 3.63) is 53.9 Å². The SMILES string of the molecule is N#Cc1ccc(NC(=O)c2cc(N3CCC4(CC3)OCCO4)ccn2)cc1. The summed E-state index contributed by atoms with van der Waals surface area (Å²) >= 11 is 0. The number of nitriles is 1. The van der Waals surface area contributed by atoms with E-state index in [1.54, 1.807) is 36.5 Å². The zero-order chi connectivity index (χ0) is 18.7. The Morgan fingerprint density at radius 3 is 2.52 bits per heavy atom. The third kappa shape index (κ3) is 3.77. The monoisotopic (exact) mass is 364 g/mol. The molecule has 138 valence electrons. The fourth-order valence-electron chi connectivity index (χ4n) is 3.45. The molecule has 1 spiro atoms. The first-order valence-electron chi connectivity index (χ1n) is 8.98. The van der Waals surface area contributed by atoms with Crippen molar-refractivity contribution in [3.8, 4) is 6.07 Å². The summed E-state index contributed by atoms with van der Waals surface area (Å²) < 4.78 is 11.5. The Hall–Kier alpha value is -2.95. The van der Waals surface area contributed by atoms with Crippen LogP contribution in [0.2, 0.25) is 0 Å². The number of pyridine rings is 1. The summed E-state index contributed by atoms with van der Waals surface area (Å²) in [7, 11) is 0. The van der Waals surface area contributed by atoms with Crippen LogP contribution in [0.3, 0.4) is 0 Å². The van der Waals surface area contributed by atoms with E-state index in [0.717, 1.165) is 31.6 Å². The van der Waals surface area contributed by atoms with Gasteiger partial charge in [0.2, 0.25) is 0 Å². The highest BCUT2D eigenvalue weighted by Crippen LogP contribution is 2.33. The van der Waals surface area contributed by atoms with Gasteiger partial charge < -0.3 is 19.7 Å². The summed E-state index contributed by atoms with van der Waals surface area (Å²) in [6.07, 6.45) is 3.26. The molecule has 0 aliphatic carbocycles. The Balaban J connectivity index is 1.42. The number of amides is 1. The zero-order valence-electron chi connectivity index (χ0n) is 14.9. The minimum atomic E-state index is -0.417. The molecule has 2 aromatic rings. The molecule has 1 aromatic heterocycles. The van der Waals surface area contributed by atoms with Crippen LogP contribution in [0.4, 0.5) is 11.4 Å². The number of benzene rings is 1. The maximum atomic E-state index is 12.5. The molecular weight excluding hydrogens is 344 g/mol. The van der Waals surface area contributed by atoms with E-state index in [1.807, 2.05) is 6.07 Å². The quantitative estimate of drug-likeness (QED) is 0.901. The van der Waals surface area contributed by atoms with Crippen LogP contribution in [-0.4, -0.2) is 43.0 Å². The Kier molecular flexibility index (Phi) is 4.75. The lowest BCUT2D eigenvalue weighted by atomic mass is 10.0. The van der Waals surface area contributed by atoms with E-state index in [2.05, 4.69) is 21.3 Å². The highest BCUT2D eigenvalue weighted by molar-refractivity contribution is 6.03. The van der Waals surface area contributed by atoms with Crippen LogP contribution in [0.1, 0.15) is 28.9 Å². The maximum Gasteiger partial charge on any atom is 0.274 e. The Morgan fingerprint density at radius 1 is 1.15 bits per heavy atom. The number of carbonyl (C=O) groups is 1. The molecule has 0 saturated carbocycles. The molecule has 0 atom stereocenters. The molecule has 0 bridgehead atoms. The van der Waals surface area contributed by atoms with Crippen LogP contribution in [0, 0.1) is 11.3 Å². The van der Waals surface area contributed by atoms with Gasteiger partial charge in [-0.05, 0) is 36.4 Å². The highest BCUT2D eigenvalue weighted by Gasteiger charge is 2.39. The molecule has 2 saturated heterocycles. The van der Waals surface area contributed by atoms with Gasteiger partial charge in [-0.1, -0.05) is 0 Å². The van der Waals surface area contributed by atoms with Crippen molar-refractivity contribution in [1.82, 2.24) is 4.98 Å². The number of nitrogens with one attached hydrogen (secondary N) is 1. The largest absolute Gasteiger partial charge is 0.371 e. The van der Waals surface area contributed by atoms with Crippen molar-refractivity contribution in [2.24, 2.45) is 0 Å². The topological polar surface area (TPSA) is 87.5 Å². The fourth-order valence-corrected chi connectivity index (χ4v) is 3.45. The van der Waals surface area contributed by atoms with Gasteiger partial charge in [0.15, 0.2) is 5.79 Å². The molecule has 1 N–H and O–H groups in total. The summed E-state index contributed by atoms with van der Waals surface area (Å²) in [5.74, 6) is -0.697. The summed E-state index contributed by atoms with van der Waals surface area (Å²) in [5, 5.41) is 11.7. The van der Waals surface area contributed by atoms with E-state index in [1.165, 1.54) is 0 Å². The van der Waals surface area contributed by atoms with Crippen molar-refractivity contribution in [2.45, 2.75) is 18.6 Å². The number of ether oxygens (including phenoxy) is 2. The number of hydrogen-bond donors (Lipinski definition) is 1. The van der Waals surface area contributed by atoms with Crippen LogP contribution >= 0.6 is 0 Å². The van der Waals surface area contributed by atoms with E-state index >= 15 is 0 Å². The standard InChI is InChI=1S/C20H20N4O3/c21-14-15-1-3-16(4-2-15)23-19(25)18-13-17(5-8-22-18)24-9-6-20(7-10-24)26-11-12-27-20/h1-5,8,13H,6-7,9-12H2,(H,23,25). The molecule has 7 heteroatoms. The van der Waals surface area contributed by atoms with E-state index < -0.39 is 5.79 Å². The third-order valence-corrected chi connectivity index (χ3v) is 4.95. The second kappa shape index (κ2) is 7.35. The molecule has 7 nitrogen and oxygen atoms in total. The van der Waals surface area contributed by atoms with Gasteiger partial charge in [-0.25, -0.2) is 0 Å². The van der Waals surface area contributed by atoms with Gasteiger partial charge in [-0.2, -0.15) is 5.26 Å². The van der Waals surface area contributed by atoms with E-state index in [4.69, 9.17) is 14.7 Å². The van der Waals surface area contributed by atoms with Crippen LogP contribution in [0.25, 0.3) is 0 Å². The van der Waals surface area contributed by atoms with Gasteiger partial charge >= 0.3 is 0 Å². The lowest BCUT2D eigenvalue weighted by molar-refractivity contribution is -0.169. The van der Waals surface area contributed by atoms with Gasteiger partial charge in [0, 0.05) is 43.5 Å². The van der Waals surface area contributed by atoms with Gasteiger partial charge in [-0.15, -0.1) is 0 Å². The first kappa shape index (κ1) is 17.5. The number of nitrogens with zero attached hydrogens (tertiary/aromatic N) is 3. The molecule has 1 amide bonds. The third-order valence-electron chi connectivity index (χ3n) is 4.95. The van der Waals surface area contributed by atoms with Gasteiger partial charge in [-0.3, -0.25) is 9.78 Å². The molecule has 2 aliphatic heterocycles. The lowest BCUT2D eigenvalue weighted by Crippen LogP contribution is -2.45. The average Bonchev–Trinajstić information content (AvgIpc) is 3.17. The van der Waals surface area contributed by atoms with Crippen molar-refractivity contribution in [3.63, 3.8) is 0 Å². The van der Waals surface area contributed by atoms with Crippen molar-refractivity contribution in [2.75, 3.05) is 36.5 Å². The number of aromatic nitrogens is 1. The maximum absolute atomic E-state index is 12.5.